The molecule has 1 fully saturated rings. The lowest BCUT2D eigenvalue weighted by Gasteiger charge is -2.30. The number of rotatable bonds is 5. The highest BCUT2D eigenvalue weighted by molar-refractivity contribution is 5.96. The zero-order valence-corrected chi connectivity index (χ0v) is 11.6. The molecule has 0 amide bonds. The fraction of sp³-hybridized carbons (Fsp3) is 0.533. The predicted molar refractivity (Wildman–Crippen MR) is 80.3 cm³/mol. The quantitative estimate of drug-likeness (QED) is 0.632. The van der Waals surface area contributed by atoms with Crippen molar-refractivity contribution in [2.75, 3.05) is 36.5 Å². The second-order valence-electron chi connectivity index (χ2n) is 4.82. The van der Waals surface area contributed by atoms with E-state index in [1.165, 1.54) is 5.69 Å². The molecular formula is C15H23N3O. The number of nitrogens with one attached hydrogen (secondary N) is 2. The van der Waals surface area contributed by atoms with Crippen molar-refractivity contribution in [2.45, 2.75) is 26.2 Å². The Morgan fingerprint density at radius 2 is 2.05 bits per heavy atom. The minimum Gasteiger partial charge on any atom is -0.378 e. The lowest BCUT2D eigenvalue weighted by atomic mass is 10.2. The van der Waals surface area contributed by atoms with Gasteiger partial charge in [0.05, 0.1) is 30.4 Å². The van der Waals surface area contributed by atoms with Crippen molar-refractivity contribution in [2.24, 2.45) is 0 Å². The van der Waals surface area contributed by atoms with Crippen molar-refractivity contribution in [1.82, 2.24) is 0 Å². The Morgan fingerprint density at radius 1 is 1.32 bits per heavy atom. The van der Waals surface area contributed by atoms with Gasteiger partial charge in [-0.1, -0.05) is 25.5 Å². The Bertz CT molecular complexity index is 414. The summed E-state index contributed by atoms with van der Waals surface area (Å²) in [6.45, 7) is 5.54. The average Bonchev–Trinajstić information content (AvgIpc) is 2.46. The fourth-order valence-electron chi connectivity index (χ4n) is 2.24. The molecular weight excluding hydrogens is 238 g/mol. The van der Waals surface area contributed by atoms with E-state index >= 15 is 0 Å². The maximum atomic E-state index is 7.99. The number of ether oxygens (including phenoxy) is 1. The standard InChI is InChI=1S/C15H23N3O/c1-2-3-8-15(16)17-13-6-4-5-7-14(13)18-9-11-19-12-10-18/h4-7H,2-3,8-12H2,1H3,(H2,16,17). The Kier molecular flexibility index (Phi) is 5.21. The maximum absolute atomic E-state index is 7.99. The van der Waals surface area contributed by atoms with Gasteiger partial charge < -0.3 is 15.0 Å². The highest BCUT2D eigenvalue weighted by atomic mass is 16.5. The van der Waals surface area contributed by atoms with Gasteiger partial charge in [-0.2, -0.15) is 0 Å². The molecule has 1 aliphatic heterocycles. The number of nitrogens with zero attached hydrogens (tertiary/aromatic N) is 1. The van der Waals surface area contributed by atoms with Crippen LogP contribution >= 0.6 is 0 Å². The summed E-state index contributed by atoms with van der Waals surface area (Å²) in [4.78, 5) is 2.32. The Labute approximate surface area is 115 Å². The van der Waals surface area contributed by atoms with Crippen molar-refractivity contribution in [3.05, 3.63) is 24.3 Å². The van der Waals surface area contributed by atoms with Crippen LogP contribution in [0.4, 0.5) is 11.4 Å². The van der Waals surface area contributed by atoms with Crippen molar-refractivity contribution in [1.29, 1.82) is 5.41 Å². The molecule has 1 saturated heterocycles. The third kappa shape index (κ3) is 3.96. The van der Waals surface area contributed by atoms with Crippen LogP contribution in [0.2, 0.25) is 0 Å². The van der Waals surface area contributed by atoms with E-state index in [1.54, 1.807) is 0 Å². The molecule has 1 heterocycles. The van der Waals surface area contributed by atoms with Crippen LogP contribution in [-0.2, 0) is 4.74 Å². The fourth-order valence-corrected chi connectivity index (χ4v) is 2.24. The molecule has 2 N–H and O–H groups in total. The molecule has 2 rings (SSSR count). The molecule has 0 aromatic heterocycles. The van der Waals surface area contributed by atoms with Gasteiger partial charge in [-0.25, -0.2) is 0 Å². The van der Waals surface area contributed by atoms with E-state index < -0.39 is 0 Å². The molecule has 0 atom stereocenters. The van der Waals surface area contributed by atoms with Crippen LogP contribution in [0.25, 0.3) is 0 Å². The van der Waals surface area contributed by atoms with Gasteiger partial charge in [0.2, 0.25) is 0 Å². The maximum Gasteiger partial charge on any atom is 0.0976 e. The normalized spacial score (nSPS) is 15.3. The van der Waals surface area contributed by atoms with Crippen LogP contribution in [0.5, 0.6) is 0 Å². The summed E-state index contributed by atoms with van der Waals surface area (Å²) < 4.78 is 5.39. The van der Waals surface area contributed by atoms with Crippen molar-refractivity contribution >= 4 is 17.2 Å². The first-order valence-corrected chi connectivity index (χ1v) is 7.07. The van der Waals surface area contributed by atoms with E-state index in [0.29, 0.717) is 5.84 Å². The summed E-state index contributed by atoms with van der Waals surface area (Å²) >= 11 is 0. The molecule has 1 aromatic carbocycles. The number of amidine groups is 1. The van der Waals surface area contributed by atoms with Gasteiger partial charge in [0.15, 0.2) is 0 Å². The third-order valence-electron chi connectivity index (χ3n) is 3.32. The van der Waals surface area contributed by atoms with Crippen LogP contribution in [0.15, 0.2) is 24.3 Å². The lowest BCUT2D eigenvalue weighted by Crippen LogP contribution is -2.36. The SMILES string of the molecule is CCCCC(=N)Nc1ccccc1N1CCOCC1. The van der Waals surface area contributed by atoms with Gasteiger partial charge in [-0.3, -0.25) is 5.41 Å². The Hall–Kier alpha value is -1.55. The van der Waals surface area contributed by atoms with Gasteiger partial charge in [-0.15, -0.1) is 0 Å². The van der Waals surface area contributed by atoms with Crippen LogP contribution in [-0.4, -0.2) is 32.1 Å². The van der Waals surface area contributed by atoms with E-state index in [0.717, 1.165) is 51.3 Å². The lowest BCUT2D eigenvalue weighted by molar-refractivity contribution is 0.123. The number of hydrogen-bond donors (Lipinski definition) is 2. The second-order valence-corrected chi connectivity index (χ2v) is 4.82. The molecule has 104 valence electrons. The zero-order valence-electron chi connectivity index (χ0n) is 11.6. The van der Waals surface area contributed by atoms with Crippen LogP contribution in [0.1, 0.15) is 26.2 Å². The first-order chi connectivity index (χ1) is 9.31. The molecule has 19 heavy (non-hydrogen) atoms. The molecule has 1 aliphatic rings. The predicted octanol–water partition coefficient (Wildman–Crippen LogP) is 3.10. The largest absolute Gasteiger partial charge is 0.378 e. The topological polar surface area (TPSA) is 48.4 Å². The van der Waals surface area contributed by atoms with Gasteiger partial charge in [0.1, 0.15) is 0 Å². The van der Waals surface area contributed by atoms with Gasteiger partial charge in [-0.05, 0) is 18.6 Å². The van der Waals surface area contributed by atoms with E-state index in [1.807, 2.05) is 18.2 Å². The highest BCUT2D eigenvalue weighted by Gasteiger charge is 2.14. The van der Waals surface area contributed by atoms with E-state index in [-0.39, 0.29) is 0 Å². The minimum absolute atomic E-state index is 0.600. The number of unbranched alkanes of at least 4 members (excludes halogenated alkanes) is 1. The Balaban J connectivity index is 2.05. The summed E-state index contributed by atoms with van der Waals surface area (Å²) in [5.41, 5.74) is 2.21. The molecule has 4 nitrogen and oxygen atoms in total. The second kappa shape index (κ2) is 7.14. The number of anilines is 2. The van der Waals surface area contributed by atoms with E-state index in [9.17, 15) is 0 Å². The number of para-hydroxylation sites is 2. The molecule has 0 unspecified atom stereocenters. The number of hydrogen-bond acceptors (Lipinski definition) is 3. The first kappa shape index (κ1) is 13.9. The molecule has 0 saturated carbocycles. The highest BCUT2D eigenvalue weighted by Crippen LogP contribution is 2.26. The molecule has 0 spiro atoms. The van der Waals surface area contributed by atoms with Crippen LogP contribution in [0.3, 0.4) is 0 Å². The Morgan fingerprint density at radius 3 is 2.79 bits per heavy atom. The number of benzene rings is 1. The van der Waals surface area contributed by atoms with Crippen LogP contribution < -0.4 is 10.2 Å². The first-order valence-electron chi connectivity index (χ1n) is 7.07. The summed E-state index contributed by atoms with van der Waals surface area (Å²) in [5.74, 6) is 0.600. The van der Waals surface area contributed by atoms with Crippen molar-refractivity contribution < 1.29 is 4.74 Å². The molecule has 4 heteroatoms. The smallest absolute Gasteiger partial charge is 0.0976 e. The van der Waals surface area contributed by atoms with E-state index in [4.69, 9.17) is 10.1 Å². The number of morpholine rings is 1. The zero-order chi connectivity index (χ0) is 13.5. The van der Waals surface area contributed by atoms with Crippen molar-refractivity contribution in [3.8, 4) is 0 Å². The summed E-state index contributed by atoms with van der Waals surface area (Å²) in [7, 11) is 0. The monoisotopic (exact) mass is 261 g/mol. The molecule has 0 bridgehead atoms. The average molecular weight is 261 g/mol. The molecule has 1 aromatic rings. The minimum atomic E-state index is 0.600. The van der Waals surface area contributed by atoms with Crippen LogP contribution in [0, 0.1) is 5.41 Å². The summed E-state index contributed by atoms with van der Waals surface area (Å²) in [5, 5.41) is 11.2. The summed E-state index contributed by atoms with van der Waals surface area (Å²) in [6.07, 6.45) is 2.99. The third-order valence-corrected chi connectivity index (χ3v) is 3.32. The van der Waals surface area contributed by atoms with Crippen molar-refractivity contribution in [3.63, 3.8) is 0 Å². The van der Waals surface area contributed by atoms with E-state index in [2.05, 4.69) is 23.2 Å². The summed E-state index contributed by atoms with van der Waals surface area (Å²) in [6, 6.07) is 8.22. The molecule has 0 aliphatic carbocycles. The molecule has 0 radical (unpaired) electrons. The van der Waals surface area contributed by atoms with Gasteiger partial charge >= 0.3 is 0 Å². The van der Waals surface area contributed by atoms with Gasteiger partial charge in [0, 0.05) is 19.5 Å². The van der Waals surface area contributed by atoms with Gasteiger partial charge in [0.25, 0.3) is 0 Å².